The number of nitrogens with zero attached hydrogens (tertiary/aromatic N) is 1. The fourth-order valence-corrected chi connectivity index (χ4v) is 3.81. The van der Waals surface area contributed by atoms with E-state index < -0.39 is 16.0 Å². The maximum atomic E-state index is 13.0. The summed E-state index contributed by atoms with van der Waals surface area (Å²) in [7, 11) is -3.87. The smallest absolute Gasteiger partial charge is 0.326 e. The summed E-state index contributed by atoms with van der Waals surface area (Å²) in [6.07, 6.45) is 0. The largest absolute Gasteiger partial charge is 0.465 e. The molecular formula is C19H23NO4S. The number of hydrogen-bond acceptors (Lipinski definition) is 4. The first-order valence-electron chi connectivity index (χ1n) is 8.19. The lowest BCUT2D eigenvalue weighted by molar-refractivity contribution is -0.141. The maximum absolute atomic E-state index is 13.0. The normalized spacial score (nSPS) is 11.4. The minimum atomic E-state index is -3.87. The number of anilines is 1. The van der Waals surface area contributed by atoms with Crippen molar-refractivity contribution in [3.05, 3.63) is 60.2 Å². The van der Waals surface area contributed by atoms with Crippen LogP contribution in [0.3, 0.4) is 0 Å². The molecule has 134 valence electrons. The van der Waals surface area contributed by atoms with Crippen molar-refractivity contribution in [2.24, 2.45) is 0 Å². The molecule has 25 heavy (non-hydrogen) atoms. The summed E-state index contributed by atoms with van der Waals surface area (Å²) in [6.45, 7) is 5.64. The Morgan fingerprint density at radius 2 is 1.64 bits per heavy atom. The molecule has 2 aromatic rings. The highest BCUT2D eigenvalue weighted by molar-refractivity contribution is 7.92. The molecule has 0 fully saturated rings. The van der Waals surface area contributed by atoms with Gasteiger partial charge in [-0.25, -0.2) is 8.42 Å². The van der Waals surface area contributed by atoms with Gasteiger partial charge < -0.3 is 4.74 Å². The standard InChI is InChI=1S/C19H23NO4S/c1-4-24-19(21)14-20(17-12-10-16(11-13-17)15(2)3)25(22,23)18-8-6-5-7-9-18/h5-13,15H,4,14H2,1-3H3. The van der Waals surface area contributed by atoms with Gasteiger partial charge in [0.15, 0.2) is 0 Å². The predicted molar refractivity (Wildman–Crippen MR) is 98.1 cm³/mol. The van der Waals surface area contributed by atoms with Crippen LogP contribution in [0.5, 0.6) is 0 Å². The number of benzene rings is 2. The third-order valence-corrected chi connectivity index (χ3v) is 5.55. The van der Waals surface area contributed by atoms with Crippen LogP contribution in [0.4, 0.5) is 5.69 Å². The van der Waals surface area contributed by atoms with Crippen LogP contribution in [0.2, 0.25) is 0 Å². The molecule has 0 bridgehead atoms. The quantitative estimate of drug-likeness (QED) is 0.707. The molecule has 0 radical (unpaired) electrons. The third-order valence-electron chi connectivity index (χ3n) is 3.76. The van der Waals surface area contributed by atoms with Crippen molar-refractivity contribution in [2.75, 3.05) is 17.5 Å². The van der Waals surface area contributed by atoms with Gasteiger partial charge in [-0.05, 0) is 42.7 Å². The molecule has 0 aromatic heterocycles. The summed E-state index contributed by atoms with van der Waals surface area (Å²) in [4.78, 5) is 12.1. The van der Waals surface area contributed by atoms with Crippen LogP contribution in [-0.4, -0.2) is 27.5 Å². The summed E-state index contributed by atoms with van der Waals surface area (Å²) >= 11 is 0. The average Bonchev–Trinajstić information content (AvgIpc) is 2.60. The molecule has 0 amide bonds. The number of sulfonamides is 1. The second kappa shape index (κ2) is 8.16. The number of rotatable bonds is 7. The molecule has 0 saturated carbocycles. The van der Waals surface area contributed by atoms with E-state index in [0.29, 0.717) is 11.6 Å². The highest BCUT2D eigenvalue weighted by Gasteiger charge is 2.27. The van der Waals surface area contributed by atoms with E-state index in [1.54, 1.807) is 37.3 Å². The SMILES string of the molecule is CCOC(=O)CN(c1ccc(C(C)C)cc1)S(=O)(=O)c1ccccc1. The predicted octanol–water partition coefficient (Wildman–Crippen LogP) is 3.57. The molecule has 0 aliphatic heterocycles. The van der Waals surface area contributed by atoms with Crippen LogP contribution >= 0.6 is 0 Å². The Labute approximate surface area is 149 Å². The summed E-state index contributed by atoms with van der Waals surface area (Å²) in [5.41, 5.74) is 1.53. The van der Waals surface area contributed by atoms with Crippen LogP contribution < -0.4 is 4.31 Å². The molecule has 5 nitrogen and oxygen atoms in total. The van der Waals surface area contributed by atoms with Gasteiger partial charge >= 0.3 is 5.97 Å². The number of ether oxygens (including phenoxy) is 1. The molecule has 0 heterocycles. The second-order valence-electron chi connectivity index (χ2n) is 5.88. The van der Waals surface area contributed by atoms with Crippen LogP contribution in [0.15, 0.2) is 59.5 Å². The fourth-order valence-electron chi connectivity index (χ4n) is 2.38. The minimum absolute atomic E-state index is 0.132. The number of carbonyl (C=O) groups is 1. The van der Waals surface area contributed by atoms with Crippen molar-refractivity contribution in [1.82, 2.24) is 0 Å². The van der Waals surface area contributed by atoms with Crippen molar-refractivity contribution in [3.8, 4) is 0 Å². The first kappa shape index (κ1) is 19.0. The Kier molecular flexibility index (Phi) is 6.20. The Bertz CT molecular complexity index is 799. The molecule has 2 aromatic carbocycles. The molecule has 0 atom stereocenters. The zero-order valence-corrected chi connectivity index (χ0v) is 15.5. The van der Waals surface area contributed by atoms with Gasteiger partial charge in [0.2, 0.25) is 0 Å². The summed E-state index contributed by atoms with van der Waals surface area (Å²) in [6, 6.07) is 15.2. The summed E-state index contributed by atoms with van der Waals surface area (Å²) in [5.74, 6) is -0.256. The second-order valence-corrected chi connectivity index (χ2v) is 7.74. The highest BCUT2D eigenvalue weighted by atomic mass is 32.2. The van der Waals surface area contributed by atoms with Gasteiger partial charge in [-0.2, -0.15) is 0 Å². The van der Waals surface area contributed by atoms with E-state index in [1.807, 2.05) is 12.1 Å². The van der Waals surface area contributed by atoms with Gasteiger partial charge in [-0.1, -0.05) is 44.2 Å². The van der Waals surface area contributed by atoms with Gasteiger partial charge in [0.25, 0.3) is 10.0 Å². The minimum Gasteiger partial charge on any atom is -0.465 e. The Hall–Kier alpha value is -2.34. The van der Waals surface area contributed by atoms with Crippen LogP contribution in [-0.2, 0) is 19.6 Å². The van der Waals surface area contributed by atoms with Crippen molar-refractivity contribution in [3.63, 3.8) is 0 Å². The average molecular weight is 361 g/mol. The monoisotopic (exact) mass is 361 g/mol. The lowest BCUT2D eigenvalue weighted by Gasteiger charge is -2.24. The van der Waals surface area contributed by atoms with Crippen LogP contribution in [0, 0.1) is 0 Å². The molecule has 2 rings (SSSR count). The van der Waals surface area contributed by atoms with Crippen molar-refractivity contribution >= 4 is 21.7 Å². The van der Waals surface area contributed by atoms with Gasteiger partial charge in [0, 0.05) is 0 Å². The molecule has 0 aliphatic carbocycles. The van der Waals surface area contributed by atoms with Gasteiger partial charge in [0.1, 0.15) is 6.54 Å². The molecule has 0 N–H and O–H groups in total. The third kappa shape index (κ3) is 4.60. The maximum Gasteiger partial charge on any atom is 0.326 e. The lowest BCUT2D eigenvalue weighted by Crippen LogP contribution is -2.36. The Morgan fingerprint density at radius 3 is 2.16 bits per heavy atom. The summed E-state index contributed by atoms with van der Waals surface area (Å²) < 4.78 is 32.0. The topological polar surface area (TPSA) is 63.7 Å². The Morgan fingerprint density at radius 1 is 1.04 bits per heavy atom. The van der Waals surface area contributed by atoms with Gasteiger partial charge in [0.05, 0.1) is 17.2 Å². The molecule has 0 aliphatic rings. The van der Waals surface area contributed by atoms with E-state index in [9.17, 15) is 13.2 Å². The molecule has 0 saturated heterocycles. The van der Waals surface area contributed by atoms with E-state index >= 15 is 0 Å². The molecule has 0 spiro atoms. The highest BCUT2D eigenvalue weighted by Crippen LogP contribution is 2.25. The molecule has 6 heteroatoms. The first-order chi connectivity index (χ1) is 11.9. The van der Waals surface area contributed by atoms with E-state index in [2.05, 4.69) is 13.8 Å². The Balaban J connectivity index is 2.44. The number of esters is 1. The fraction of sp³-hybridized carbons (Fsp3) is 0.316. The summed E-state index contributed by atoms with van der Waals surface area (Å²) in [5, 5.41) is 0. The van der Waals surface area contributed by atoms with E-state index in [-0.39, 0.29) is 18.0 Å². The van der Waals surface area contributed by atoms with Crippen molar-refractivity contribution in [2.45, 2.75) is 31.6 Å². The lowest BCUT2D eigenvalue weighted by atomic mass is 10.0. The van der Waals surface area contributed by atoms with Crippen LogP contribution in [0.1, 0.15) is 32.3 Å². The van der Waals surface area contributed by atoms with Gasteiger partial charge in [-0.15, -0.1) is 0 Å². The number of hydrogen-bond donors (Lipinski definition) is 0. The number of carbonyl (C=O) groups excluding carboxylic acids is 1. The zero-order chi connectivity index (χ0) is 18.4. The van der Waals surface area contributed by atoms with Crippen molar-refractivity contribution < 1.29 is 17.9 Å². The molecular weight excluding hydrogens is 338 g/mol. The van der Waals surface area contributed by atoms with Crippen LogP contribution in [0.25, 0.3) is 0 Å². The van der Waals surface area contributed by atoms with E-state index in [1.165, 1.54) is 12.1 Å². The van der Waals surface area contributed by atoms with Crippen molar-refractivity contribution in [1.29, 1.82) is 0 Å². The van der Waals surface area contributed by atoms with Gasteiger partial charge in [-0.3, -0.25) is 9.10 Å². The zero-order valence-electron chi connectivity index (χ0n) is 14.7. The van der Waals surface area contributed by atoms with E-state index in [4.69, 9.17) is 4.74 Å². The molecule has 0 unspecified atom stereocenters. The van der Waals surface area contributed by atoms with E-state index in [0.717, 1.165) is 9.87 Å². The first-order valence-corrected chi connectivity index (χ1v) is 9.63.